The second kappa shape index (κ2) is 15.0. The Labute approximate surface area is 203 Å². The summed E-state index contributed by atoms with van der Waals surface area (Å²) in [6.07, 6.45) is 10.7. The van der Waals surface area contributed by atoms with Crippen molar-refractivity contribution in [3.05, 3.63) is 59.2 Å². The van der Waals surface area contributed by atoms with Gasteiger partial charge in [0.25, 0.3) is 0 Å². The summed E-state index contributed by atoms with van der Waals surface area (Å²) in [6.45, 7) is 8.44. The molecule has 8 heteroatoms. The van der Waals surface area contributed by atoms with Crippen LogP contribution in [-0.4, -0.2) is 44.2 Å². The maximum absolute atomic E-state index is 12.5. The Bertz CT molecular complexity index is 944. The van der Waals surface area contributed by atoms with Gasteiger partial charge in [-0.05, 0) is 77.6 Å². The van der Waals surface area contributed by atoms with Crippen LogP contribution in [0.15, 0.2) is 64.1 Å². The van der Waals surface area contributed by atoms with Gasteiger partial charge in [-0.2, -0.15) is 16.5 Å². The van der Waals surface area contributed by atoms with Crippen molar-refractivity contribution in [2.45, 2.75) is 64.3 Å². The first-order valence-corrected chi connectivity index (χ1v) is 13.6. The molecule has 0 aliphatic carbocycles. The maximum atomic E-state index is 12.5. The highest BCUT2D eigenvalue weighted by molar-refractivity contribution is 7.99. The van der Waals surface area contributed by atoms with E-state index >= 15 is 0 Å². The average Bonchev–Trinajstić information content (AvgIpc) is 2.75. The van der Waals surface area contributed by atoms with E-state index in [1.807, 2.05) is 0 Å². The SMILES string of the molecule is COc1ccc(S(=O)(=O)N[C@@H](CSC/C=C(\C)CC/C=C(\C)CCC=C(C)C)C(=O)O)cc1. The molecule has 0 unspecified atom stereocenters. The van der Waals surface area contributed by atoms with Crippen LogP contribution in [0.1, 0.15) is 53.4 Å². The molecule has 0 aliphatic rings. The molecule has 6 nitrogen and oxygen atoms in total. The number of aliphatic carboxylic acids is 1. The first-order valence-electron chi connectivity index (χ1n) is 11.0. The van der Waals surface area contributed by atoms with Crippen LogP contribution < -0.4 is 9.46 Å². The van der Waals surface area contributed by atoms with Crippen LogP contribution >= 0.6 is 11.8 Å². The van der Waals surface area contributed by atoms with E-state index < -0.39 is 22.0 Å². The zero-order valence-electron chi connectivity index (χ0n) is 20.3. The largest absolute Gasteiger partial charge is 0.497 e. The van der Waals surface area contributed by atoms with Crippen molar-refractivity contribution in [2.75, 3.05) is 18.6 Å². The van der Waals surface area contributed by atoms with Gasteiger partial charge in [0, 0.05) is 11.5 Å². The first kappa shape index (κ1) is 29.0. The van der Waals surface area contributed by atoms with Gasteiger partial charge in [0.15, 0.2) is 0 Å². The number of benzene rings is 1. The number of sulfonamides is 1. The third-order valence-corrected chi connectivity index (χ3v) is 7.38. The van der Waals surface area contributed by atoms with Crippen LogP contribution in [0, 0.1) is 0 Å². The number of allylic oxidation sites excluding steroid dienone is 5. The number of ether oxygens (including phenoxy) is 1. The molecule has 0 saturated carbocycles. The van der Waals surface area contributed by atoms with Crippen molar-refractivity contribution in [1.82, 2.24) is 4.72 Å². The summed E-state index contributed by atoms with van der Waals surface area (Å²) >= 11 is 1.39. The molecule has 184 valence electrons. The first-order chi connectivity index (χ1) is 15.5. The number of carboxylic acids is 1. The minimum absolute atomic E-state index is 0.000473. The lowest BCUT2D eigenvalue weighted by molar-refractivity contribution is -0.138. The van der Waals surface area contributed by atoms with Crippen LogP contribution in [0.2, 0.25) is 0 Å². The van der Waals surface area contributed by atoms with Crippen molar-refractivity contribution >= 4 is 27.8 Å². The topological polar surface area (TPSA) is 92.7 Å². The molecule has 1 aromatic carbocycles. The lowest BCUT2D eigenvalue weighted by Gasteiger charge is -2.14. The molecule has 0 heterocycles. The van der Waals surface area contributed by atoms with Gasteiger partial charge in [-0.25, -0.2) is 8.42 Å². The third kappa shape index (κ3) is 12.1. The number of methoxy groups -OCH3 is 1. The Morgan fingerprint density at radius 3 is 2.15 bits per heavy atom. The molecule has 2 N–H and O–H groups in total. The van der Waals surface area contributed by atoms with E-state index in [2.05, 4.69) is 50.6 Å². The highest BCUT2D eigenvalue weighted by atomic mass is 32.2. The van der Waals surface area contributed by atoms with Gasteiger partial charge in [-0.1, -0.05) is 34.9 Å². The maximum Gasteiger partial charge on any atom is 0.322 e. The van der Waals surface area contributed by atoms with Crippen LogP contribution in [0.5, 0.6) is 5.75 Å². The van der Waals surface area contributed by atoms with Crippen molar-refractivity contribution in [2.24, 2.45) is 0 Å². The lowest BCUT2D eigenvalue weighted by Crippen LogP contribution is -2.42. The van der Waals surface area contributed by atoms with Gasteiger partial charge >= 0.3 is 5.97 Å². The van der Waals surface area contributed by atoms with Crippen molar-refractivity contribution in [3.63, 3.8) is 0 Å². The molecule has 0 aromatic heterocycles. The molecular formula is C25H37NO5S2. The van der Waals surface area contributed by atoms with Crippen LogP contribution in [0.3, 0.4) is 0 Å². The highest BCUT2D eigenvalue weighted by Gasteiger charge is 2.25. The summed E-state index contributed by atoms with van der Waals surface area (Å²) in [4.78, 5) is 11.6. The molecule has 0 fully saturated rings. The molecular weight excluding hydrogens is 458 g/mol. The van der Waals surface area contributed by atoms with Gasteiger partial charge in [-0.3, -0.25) is 4.79 Å². The quantitative estimate of drug-likeness (QED) is 0.244. The van der Waals surface area contributed by atoms with Crippen LogP contribution in [-0.2, 0) is 14.8 Å². The fourth-order valence-electron chi connectivity index (χ4n) is 2.89. The van der Waals surface area contributed by atoms with Crippen molar-refractivity contribution < 1.29 is 23.1 Å². The molecule has 0 radical (unpaired) electrons. The van der Waals surface area contributed by atoms with Gasteiger partial charge in [-0.15, -0.1) is 0 Å². The predicted octanol–water partition coefficient (Wildman–Crippen LogP) is 5.58. The number of carbonyl (C=O) groups is 1. The summed E-state index contributed by atoms with van der Waals surface area (Å²) in [5.74, 6) is 0.0888. The molecule has 0 aliphatic heterocycles. The van der Waals surface area contributed by atoms with E-state index in [4.69, 9.17) is 4.74 Å². The highest BCUT2D eigenvalue weighted by Crippen LogP contribution is 2.17. The Morgan fingerprint density at radius 2 is 1.61 bits per heavy atom. The number of rotatable bonds is 15. The van der Waals surface area contributed by atoms with Gasteiger partial charge in [0.2, 0.25) is 10.0 Å². The van der Waals surface area contributed by atoms with E-state index in [9.17, 15) is 18.3 Å². The Hall–Kier alpha value is -2.03. The second-order valence-electron chi connectivity index (χ2n) is 8.18. The minimum Gasteiger partial charge on any atom is -0.497 e. The van der Waals surface area contributed by atoms with Gasteiger partial charge in [0.1, 0.15) is 11.8 Å². The Kier molecular flexibility index (Phi) is 13.2. The van der Waals surface area contributed by atoms with Gasteiger partial charge in [0.05, 0.1) is 12.0 Å². The predicted molar refractivity (Wildman–Crippen MR) is 137 cm³/mol. The molecule has 1 atom stereocenters. The Balaban J connectivity index is 2.50. The summed E-state index contributed by atoms with van der Waals surface area (Å²) in [5, 5.41) is 9.45. The van der Waals surface area contributed by atoms with Gasteiger partial charge < -0.3 is 9.84 Å². The summed E-state index contributed by atoms with van der Waals surface area (Å²) in [7, 11) is -2.45. The molecule has 0 amide bonds. The van der Waals surface area contributed by atoms with Crippen molar-refractivity contribution in [3.8, 4) is 5.75 Å². The average molecular weight is 496 g/mol. The summed E-state index contributed by atoms with van der Waals surface area (Å²) in [5.41, 5.74) is 3.97. The molecule has 0 saturated heterocycles. The van der Waals surface area contributed by atoms with E-state index in [1.54, 1.807) is 0 Å². The molecule has 1 rings (SSSR count). The van der Waals surface area contributed by atoms with Crippen LogP contribution in [0.25, 0.3) is 0 Å². The number of hydrogen-bond donors (Lipinski definition) is 2. The number of carboxylic acid groups (broad SMARTS) is 1. The summed E-state index contributed by atoms with van der Waals surface area (Å²) in [6, 6.07) is 4.61. The standard InChI is InChI=1S/C25H37NO5S2/c1-19(2)8-6-9-20(3)10-7-11-21(4)16-17-32-18-24(25(27)28)26-33(29,30)23-14-12-22(31-5)13-15-23/h8,10,12-16,24,26H,6-7,9,11,17-18H2,1-5H3,(H,27,28)/b20-10+,21-16+/t24-/m0/s1. The number of hydrogen-bond acceptors (Lipinski definition) is 5. The van der Waals surface area contributed by atoms with Crippen LogP contribution in [0.4, 0.5) is 0 Å². The summed E-state index contributed by atoms with van der Waals surface area (Å²) < 4.78 is 32.3. The fraction of sp³-hybridized carbons (Fsp3) is 0.480. The monoisotopic (exact) mass is 495 g/mol. The normalized spacial score (nSPS) is 13.5. The smallest absolute Gasteiger partial charge is 0.322 e. The zero-order chi connectivity index (χ0) is 24.9. The van der Waals surface area contributed by atoms with Crippen molar-refractivity contribution in [1.29, 1.82) is 0 Å². The molecule has 33 heavy (non-hydrogen) atoms. The van der Waals surface area contributed by atoms with E-state index in [0.717, 1.165) is 25.7 Å². The molecule has 1 aromatic rings. The number of nitrogens with one attached hydrogen (secondary N) is 1. The number of thioether (sulfide) groups is 1. The second-order valence-corrected chi connectivity index (χ2v) is 11.0. The Morgan fingerprint density at radius 1 is 1.03 bits per heavy atom. The third-order valence-electron chi connectivity index (χ3n) is 4.92. The van der Waals surface area contributed by atoms with E-state index in [1.165, 1.54) is 59.9 Å². The minimum atomic E-state index is -3.94. The van der Waals surface area contributed by atoms with E-state index in [-0.39, 0.29) is 10.6 Å². The van der Waals surface area contributed by atoms with E-state index in [0.29, 0.717) is 11.5 Å². The molecule has 0 spiro atoms. The zero-order valence-corrected chi connectivity index (χ0v) is 21.9. The lowest BCUT2D eigenvalue weighted by atomic mass is 10.1. The molecule has 0 bridgehead atoms. The fourth-order valence-corrected chi connectivity index (χ4v) is 5.19.